The molecule has 12 nitrogen and oxygen atoms in total. The van der Waals surface area contributed by atoms with Gasteiger partial charge in [-0.15, -0.1) is 0 Å². The van der Waals surface area contributed by atoms with E-state index in [1.54, 1.807) is 9.80 Å². The molecule has 0 spiro atoms. The van der Waals surface area contributed by atoms with Gasteiger partial charge in [0.15, 0.2) is 0 Å². The van der Waals surface area contributed by atoms with E-state index in [9.17, 15) is 40.7 Å². The van der Waals surface area contributed by atoms with E-state index in [4.69, 9.17) is 12.2 Å². The molecule has 188 valence electrons. The first-order valence-electron chi connectivity index (χ1n) is 10.4. The molecule has 1 saturated heterocycles. The standard InChI is InChI=1S/C21H24N4O8S2/c26-9-17(19(28)13-1-5-15(6-2-13)24(30)31)22-11-23(21(34)35-12-22)18(10-27)20(29)14-3-7-16(8-4-14)25(32)33/h1-8,17-20,26-29H,9-12H2/t17-,18-,19-,20-/m0/s1. The number of thiocarbonyl (C=S) groups is 1. The van der Waals surface area contributed by atoms with Gasteiger partial charge in [-0.1, -0.05) is 24.0 Å². The average Bonchev–Trinajstić information content (AvgIpc) is 2.86. The molecule has 0 amide bonds. The third-order valence-corrected chi connectivity index (χ3v) is 7.32. The number of aliphatic hydroxyl groups excluding tert-OH is 4. The molecule has 1 aliphatic rings. The zero-order valence-electron chi connectivity index (χ0n) is 18.3. The summed E-state index contributed by atoms with van der Waals surface area (Å²) in [5.41, 5.74) is 0.466. The fraction of sp³-hybridized carbons (Fsp3) is 0.381. The summed E-state index contributed by atoms with van der Waals surface area (Å²) in [4.78, 5) is 24.0. The molecule has 4 atom stereocenters. The highest BCUT2D eigenvalue weighted by Crippen LogP contribution is 2.32. The SMILES string of the molecule is O=[N+]([O-])c1ccc([C@H](O)[C@H](CO)N2CSC(=S)N([C@@H](CO)[C@@H](O)c3ccc([N+](=O)[O-])cc3)C2)cc1. The zero-order chi connectivity index (χ0) is 25.7. The van der Waals surface area contributed by atoms with Crippen molar-refractivity contribution in [1.82, 2.24) is 9.80 Å². The Kier molecular flexibility index (Phi) is 9.07. The van der Waals surface area contributed by atoms with Crippen LogP contribution in [0, 0.1) is 20.2 Å². The van der Waals surface area contributed by atoms with Gasteiger partial charge in [0.2, 0.25) is 0 Å². The maximum Gasteiger partial charge on any atom is 0.269 e. The van der Waals surface area contributed by atoms with E-state index in [0.717, 1.165) is 0 Å². The molecular formula is C21H24N4O8S2. The highest BCUT2D eigenvalue weighted by molar-refractivity contribution is 8.22. The highest BCUT2D eigenvalue weighted by atomic mass is 32.2. The van der Waals surface area contributed by atoms with E-state index in [1.165, 1.54) is 60.3 Å². The molecule has 0 saturated carbocycles. The largest absolute Gasteiger partial charge is 0.395 e. The Balaban J connectivity index is 1.78. The summed E-state index contributed by atoms with van der Waals surface area (Å²) in [5, 5.41) is 63.7. The smallest absolute Gasteiger partial charge is 0.269 e. The third-order valence-electron chi connectivity index (χ3n) is 5.79. The van der Waals surface area contributed by atoms with Crippen LogP contribution in [0.4, 0.5) is 11.4 Å². The second-order valence-electron chi connectivity index (χ2n) is 7.83. The number of non-ortho nitro benzene ring substituents is 2. The predicted molar refractivity (Wildman–Crippen MR) is 131 cm³/mol. The van der Waals surface area contributed by atoms with Crippen LogP contribution in [0.15, 0.2) is 48.5 Å². The van der Waals surface area contributed by atoms with Gasteiger partial charge >= 0.3 is 0 Å². The fourth-order valence-electron chi connectivity index (χ4n) is 3.77. The van der Waals surface area contributed by atoms with Crippen LogP contribution in [0.5, 0.6) is 0 Å². The molecule has 2 aromatic carbocycles. The van der Waals surface area contributed by atoms with E-state index in [1.807, 2.05) is 0 Å². The lowest BCUT2D eigenvalue weighted by Crippen LogP contribution is -2.56. The lowest BCUT2D eigenvalue weighted by atomic mass is 10.0. The number of nitro groups is 2. The maximum atomic E-state index is 10.9. The van der Waals surface area contributed by atoms with Crippen LogP contribution in [0.3, 0.4) is 0 Å². The summed E-state index contributed by atoms with van der Waals surface area (Å²) in [6, 6.07) is 8.98. The number of benzene rings is 2. The molecule has 1 heterocycles. The molecule has 4 N–H and O–H groups in total. The molecule has 0 aromatic heterocycles. The minimum atomic E-state index is -1.23. The molecule has 0 unspecified atom stereocenters. The number of nitro benzene ring substituents is 2. The average molecular weight is 525 g/mol. The minimum absolute atomic E-state index is 0.0658. The maximum absolute atomic E-state index is 10.9. The Hall–Kier alpha value is -2.72. The van der Waals surface area contributed by atoms with Crippen molar-refractivity contribution in [3.8, 4) is 0 Å². The van der Waals surface area contributed by atoms with Gasteiger partial charge in [0.25, 0.3) is 11.4 Å². The monoisotopic (exact) mass is 524 g/mol. The van der Waals surface area contributed by atoms with Crippen LogP contribution in [0.2, 0.25) is 0 Å². The second-order valence-corrected chi connectivity index (χ2v) is 9.40. The van der Waals surface area contributed by atoms with E-state index in [2.05, 4.69) is 0 Å². The fourth-order valence-corrected chi connectivity index (χ4v) is 5.03. The Morgan fingerprint density at radius 1 is 0.857 bits per heavy atom. The van der Waals surface area contributed by atoms with Crippen molar-refractivity contribution < 1.29 is 30.3 Å². The van der Waals surface area contributed by atoms with Crippen molar-refractivity contribution in [2.45, 2.75) is 24.3 Å². The van der Waals surface area contributed by atoms with Gasteiger partial charge in [-0.25, -0.2) is 0 Å². The Labute approximate surface area is 209 Å². The van der Waals surface area contributed by atoms with Crippen molar-refractivity contribution in [2.75, 3.05) is 25.8 Å². The summed E-state index contributed by atoms with van der Waals surface area (Å²) in [5.74, 6) is 0.316. The summed E-state index contributed by atoms with van der Waals surface area (Å²) in [6.45, 7) is -0.855. The normalized spacial score (nSPS) is 18.1. The Bertz CT molecular complexity index is 1060. The summed E-state index contributed by atoms with van der Waals surface area (Å²) in [7, 11) is 0. The molecule has 0 aliphatic carbocycles. The topological polar surface area (TPSA) is 174 Å². The summed E-state index contributed by atoms with van der Waals surface area (Å²) < 4.78 is 0.391. The molecule has 3 rings (SSSR count). The summed E-state index contributed by atoms with van der Waals surface area (Å²) in [6.07, 6.45) is -2.41. The number of hydrogen-bond acceptors (Lipinski definition) is 11. The van der Waals surface area contributed by atoms with Crippen LogP contribution in [-0.2, 0) is 0 Å². The summed E-state index contributed by atoms with van der Waals surface area (Å²) >= 11 is 6.65. The Morgan fingerprint density at radius 2 is 1.29 bits per heavy atom. The van der Waals surface area contributed by atoms with E-state index in [0.29, 0.717) is 21.3 Å². The van der Waals surface area contributed by atoms with Crippen LogP contribution in [0.25, 0.3) is 0 Å². The van der Waals surface area contributed by atoms with Crippen molar-refractivity contribution >= 4 is 39.7 Å². The number of rotatable bonds is 10. The lowest BCUT2D eigenvalue weighted by molar-refractivity contribution is -0.385. The van der Waals surface area contributed by atoms with Crippen molar-refractivity contribution in [3.63, 3.8) is 0 Å². The minimum Gasteiger partial charge on any atom is -0.395 e. The van der Waals surface area contributed by atoms with Gasteiger partial charge in [0.05, 0.1) is 53.8 Å². The van der Waals surface area contributed by atoms with Crippen LogP contribution in [0.1, 0.15) is 23.3 Å². The number of hydrogen-bond donors (Lipinski definition) is 4. The quantitative estimate of drug-likeness (QED) is 0.201. The molecule has 14 heteroatoms. The van der Waals surface area contributed by atoms with Crippen molar-refractivity contribution in [3.05, 3.63) is 79.9 Å². The van der Waals surface area contributed by atoms with Gasteiger partial charge in [0.1, 0.15) is 10.4 Å². The number of aliphatic hydroxyl groups is 4. The third kappa shape index (κ3) is 6.10. The highest BCUT2D eigenvalue weighted by Gasteiger charge is 2.37. The molecule has 0 radical (unpaired) electrons. The molecule has 2 aromatic rings. The van der Waals surface area contributed by atoms with Crippen LogP contribution >= 0.6 is 24.0 Å². The van der Waals surface area contributed by atoms with Crippen LogP contribution < -0.4 is 0 Å². The molecule has 1 aliphatic heterocycles. The van der Waals surface area contributed by atoms with Gasteiger partial charge in [0, 0.05) is 24.3 Å². The van der Waals surface area contributed by atoms with Crippen molar-refractivity contribution in [1.29, 1.82) is 0 Å². The van der Waals surface area contributed by atoms with Gasteiger partial charge < -0.3 is 25.3 Å². The molecule has 1 fully saturated rings. The van der Waals surface area contributed by atoms with Crippen molar-refractivity contribution in [2.24, 2.45) is 0 Å². The Morgan fingerprint density at radius 3 is 1.69 bits per heavy atom. The lowest BCUT2D eigenvalue weighted by Gasteiger charge is -2.45. The molecular weight excluding hydrogens is 500 g/mol. The zero-order valence-corrected chi connectivity index (χ0v) is 19.9. The van der Waals surface area contributed by atoms with Crippen LogP contribution in [-0.4, -0.2) is 82.2 Å². The number of thioether (sulfide) groups is 1. The number of nitrogens with zero attached hydrogens (tertiary/aromatic N) is 4. The first-order valence-corrected chi connectivity index (χ1v) is 11.8. The van der Waals surface area contributed by atoms with Gasteiger partial charge in [-0.3, -0.25) is 25.1 Å². The van der Waals surface area contributed by atoms with E-state index in [-0.39, 0.29) is 18.0 Å². The van der Waals surface area contributed by atoms with Gasteiger partial charge in [-0.05, 0) is 35.4 Å². The first-order chi connectivity index (χ1) is 16.7. The molecule has 0 bridgehead atoms. The second kappa shape index (κ2) is 11.8. The molecule has 35 heavy (non-hydrogen) atoms. The first kappa shape index (κ1) is 26.9. The van der Waals surface area contributed by atoms with Gasteiger partial charge in [-0.2, -0.15) is 0 Å². The van der Waals surface area contributed by atoms with E-state index < -0.39 is 47.4 Å². The predicted octanol–water partition coefficient (Wildman–Crippen LogP) is 1.54. The van der Waals surface area contributed by atoms with E-state index >= 15 is 0 Å².